The maximum absolute atomic E-state index is 13.4. The Kier molecular flexibility index (Phi) is 8.41. The monoisotopic (exact) mass is 615 g/mol. The average molecular weight is 615 g/mol. The van der Waals surface area contributed by atoms with E-state index in [4.69, 9.17) is 33.5 Å². The lowest BCUT2D eigenvalue weighted by Crippen LogP contribution is -2.57. The summed E-state index contributed by atoms with van der Waals surface area (Å²) >= 11 is 0. The van der Waals surface area contributed by atoms with Crippen LogP contribution in [0.5, 0.6) is 0 Å². The Morgan fingerprint density at radius 3 is 2.19 bits per heavy atom. The summed E-state index contributed by atoms with van der Waals surface area (Å²) in [6.07, 6.45) is -5.30. The van der Waals surface area contributed by atoms with Gasteiger partial charge in [0.2, 0.25) is 19.2 Å². The van der Waals surface area contributed by atoms with Gasteiger partial charge in [0, 0.05) is 0 Å². The number of aliphatic hydroxyl groups is 2. The Hall–Kier alpha value is -3.56. The van der Waals surface area contributed by atoms with Gasteiger partial charge in [-0.1, -0.05) is 0 Å². The third kappa shape index (κ3) is 5.36. The minimum Gasteiger partial charge on any atom is -0.432 e. The van der Waals surface area contributed by atoms with Crippen LogP contribution in [-0.2, 0) is 47.4 Å². The van der Waals surface area contributed by atoms with Crippen molar-refractivity contribution < 1.29 is 61.6 Å². The molecule has 4 N–H and O–H groups in total. The second kappa shape index (κ2) is 11.3. The summed E-state index contributed by atoms with van der Waals surface area (Å²) in [6, 6.07) is 4.80. The fraction of sp³-hybridized carbons (Fsp3) is 0.609. The molecule has 0 radical (unpaired) electrons. The number of fused-ring (bicyclic) bond motifs is 2. The fourth-order valence-corrected chi connectivity index (χ4v) is 5.54. The first kappa shape index (κ1) is 31.4. The van der Waals surface area contributed by atoms with Crippen molar-refractivity contribution in [2.24, 2.45) is 0 Å². The molecule has 1 saturated heterocycles. The number of nitrogens with two attached hydrogens (primary N) is 1. The van der Waals surface area contributed by atoms with Crippen LogP contribution < -0.4 is 5.73 Å². The van der Waals surface area contributed by atoms with Gasteiger partial charge >= 0.3 is 20.1 Å². The molecule has 1 aliphatic heterocycles. The number of anilines is 1. The highest BCUT2D eigenvalue weighted by atomic mass is 31.2. The predicted octanol–water partition coefficient (Wildman–Crippen LogP) is 1.49. The van der Waals surface area contributed by atoms with Gasteiger partial charge in [0.25, 0.3) is 0 Å². The summed E-state index contributed by atoms with van der Waals surface area (Å²) in [4.78, 5) is 27.2. The molecule has 0 bridgehead atoms. The van der Waals surface area contributed by atoms with Crippen LogP contribution in [0, 0.1) is 11.3 Å². The van der Waals surface area contributed by atoms with E-state index in [0.29, 0.717) is 5.52 Å². The first-order valence-corrected chi connectivity index (χ1v) is 13.9. The number of nitrogens with zero attached hydrogens (tertiary/aromatic N) is 4. The van der Waals surface area contributed by atoms with Gasteiger partial charge in [0.1, 0.15) is 35.7 Å². The van der Waals surface area contributed by atoms with E-state index in [-0.39, 0.29) is 11.5 Å². The zero-order valence-electron chi connectivity index (χ0n) is 23.2. The number of hydrogen-bond acceptors (Lipinski definition) is 17. The van der Waals surface area contributed by atoms with Crippen molar-refractivity contribution in [2.45, 2.75) is 75.8 Å². The van der Waals surface area contributed by atoms with Gasteiger partial charge in [0.15, 0.2) is 11.4 Å². The van der Waals surface area contributed by atoms with Crippen molar-refractivity contribution in [3.63, 3.8) is 0 Å². The molecule has 3 heterocycles. The first-order chi connectivity index (χ1) is 19.6. The minimum atomic E-state index is -4.84. The van der Waals surface area contributed by atoms with Gasteiger partial charge in [-0.15, -0.1) is 0 Å². The number of nitrogen functional groups attached to an aromatic ring is 1. The van der Waals surface area contributed by atoms with Gasteiger partial charge < -0.3 is 39.6 Å². The van der Waals surface area contributed by atoms with Crippen molar-refractivity contribution in [3.8, 4) is 6.07 Å². The highest BCUT2D eigenvalue weighted by molar-refractivity contribution is 7.48. The molecule has 18 nitrogen and oxygen atoms in total. The van der Waals surface area contributed by atoms with Crippen LogP contribution in [0.25, 0.3) is 5.52 Å². The van der Waals surface area contributed by atoms with Crippen molar-refractivity contribution in [1.82, 2.24) is 14.6 Å². The largest absolute Gasteiger partial charge is 0.510 e. The second-order valence-electron chi connectivity index (χ2n) is 9.98. The van der Waals surface area contributed by atoms with E-state index in [9.17, 15) is 29.6 Å². The molecule has 5 atom stereocenters. The highest BCUT2D eigenvalue weighted by Gasteiger charge is 2.89. The quantitative estimate of drug-likeness (QED) is 0.184. The Bertz CT molecular complexity index is 1410. The van der Waals surface area contributed by atoms with Crippen LogP contribution in [0.2, 0.25) is 0 Å². The molecular weight excluding hydrogens is 585 g/mol. The van der Waals surface area contributed by atoms with E-state index < -0.39 is 74.9 Å². The molecule has 2 aromatic heterocycles. The normalized spacial score (nSPS) is 28.4. The number of aromatic nitrogens is 3. The molecule has 2 aliphatic rings. The Morgan fingerprint density at radius 2 is 1.71 bits per heavy atom. The molecule has 19 heteroatoms. The number of phosphoric acid groups is 1. The minimum absolute atomic E-state index is 0.0169. The molecule has 1 aliphatic carbocycles. The Morgan fingerprint density at radius 1 is 1.14 bits per heavy atom. The zero-order valence-corrected chi connectivity index (χ0v) is 24.0. The van der Waals surface area contributed by atoms with Crippen molar-refractivity contribution in [2.75, 3.05) is 19.3 Å². The number of rotatable bonds is 11. The first-order valence-electron chi connectivity index (χ1n) is 12.5. The van der Waals surface area contributed by atoms with E-state index in [1.165, 1.54) is 16.6 Å². The Balaban J connectivity index is 1.53. The van der Waals surface area contributed by atoms with Crippen LogP contribution in [0.15, 0.2) is 18.5 Å². The van der Waals surface area contributed by atoms with Gasteiger partial charge in [-0.3, -0.25) is 4.52 Å². The highest BCUT2D eigenvalue weighted by Crippen LogP contribution is 2.68. The van der Waals surface area contributed by atoms with Crippen molar-refractivity contribution in [1.29, 1.82) is 5.26 Å². The van der Waals surface area contributed by atoms with Crippen LogP contribution >= 0.6 is 7.82 Å². The summed E-state index contributed by atoms with van der Waals surface area (Å²) in [5, 5.41) is 37.3. The predicted molar refractivity (Wildman–Crippen MR) is 135 cm³/mol. The lowest BCUT2D eigenvalue weighted by molar-refractivity contribution is -0.169. The van der Waals surface area contributed by atoms with Gasteiger partial charge in [0.05, 0.1) is 17.9 Å². The topological polar surface area (TPSA) is 246 Å². The molecule has 2 fully saturated rings. The van der Waals surface area contributed by atoms with Crippen molar-refractivity contribution >= 4 is 31.5 Å². The average Bonchev–Trinajstić information content (AvgIpc) is 3.16. The van der Waals surface area contributed by atoms with Crippen molar-refractivity contribution in [3.05, 3.63) is 24.2 Å². The van der Waals surface area contributed by atoms with E-state index in [2.05, 4.69) is 19.6 Å². The molecule has 4 rings (SSSR count). The number of hydrogen-bond donors (Lipinski definition) is 3. The lowest BCUT2D eigenvalue weighted by Gasteiger charge is -2.38. The summed E-state index contributed by atoms with van der Waals surface area (Å²) in [6.45, 7) is 5.34. The van der Waals surface area contributed by atoms with E-state index in [0.717, 1.165) is 13.3 Å². The maximum atomic E-state index is 13.4. The third-order valence-corrected chi connectivity index (χ3v) is 7.81. The van der Waals surface area contributed by atoms with Gasteiger partial charge in [-0.2, -0.15) is 10.4 Å². The van der Waals surface area contributed by atoms with Gasteiger partial charge in [-0.05, 0) is 46.8 Å². The third-order valence-electron chi connectivity index (χ3n) is 6.48. The summed E-state index contributed by atoms with van der Waals surface area (Å²) < 4.78 is 54.9. The van der Waals surface area contributed by atoms with E-state index in [1.807, 2.05) is 6.07 Å². The smallest absolute Gasteiger partial charge is 0.432 e. The zero-order chi connectivity index (χ0) is 31.1. The molecule has 0 aromatic carbocycles. The van der Waals surface area contributed by atoms with Gasteiger partial charge in [-0.25, -0.2) is 32.7 Å². The standard InChI is InChI=1S/C23H30N5O13P/c1-12(2)38-19(29)34-10-36-42(33,37-11-35-20(30)39-13(3)4)41-17-16-23(17,32)21(5,31)22(8-24,40-16)15-7-6-14-18(25)26-9-27-28(14)15/h6-7,9,12-13,16-17,31-32H,10-11H2,1-5H3,(H2,25,26,27)/t16-,17?,21+,22+,23+/m1/s1. The van der Waals surface area contributed by atoms with Crippen LogP contribution in [0.4, 0.5) is 15.4 Å². The maximum Gasteiger partial charge on any atom is 0.510 e. The summed E-state index contributed by atoms with van der Waals surface area (Å²) in [5.41, 5.74) is -0.777. The molecule has 1 unspecified atom stereocenters. The Labute approximate surface area is 238 Å². The molecule has 42 heavy (non-hydrogen) atoms. The fourth-order valence-electron chi connectivity index (χ4n) is 4.43. The second-order valence-corrected chi connectivity index (χ2v) is 11.6. The molecule has 0 spiro atoms. The molecule has 1 saturated carbocycles. The molecule has 2 aromatic rings. The lowest BCUT2D eigenvalue weighted by atomic mass is 9.78. The van der Waals surface area contributed by atoms with E-state index in [1.54, 1.807) is 27.7 Å². The number of ether oxygens (including phenoxy) is 5. The molecule has 230 valence electrons. The SMILES string of the molecule is CC(C)OC(=O)OCOP(=O)(OCOC(=O)OC(C)C)OC1[C@H]2O[C@@](C#N)(c3ccc4c(N)ncnn34)[C@](C)(O)[C@@]12O. The number of phosphoric ester groups is 1. The van der Waals surface area contributed by atoms with Crippen LogP contribution in [0.1, 0.15) is 40.3 Å². The summed E-state index contributed by atoms with van der Waals surface area (Å²) in [7, 11) is -4.84. The summed E-state index contributed by atoms with van der Waals surface area (Å²) in [5.74, 6) is 0.0845. The molecule has 0 amide bonds. The number of nitriles is 1. The molecular formula is C23H30N5O13P. The number of carbonyl (C=O) groups is 2. The van der Waals surface area contributed by atoms with Crippen LogP contribution in [-0.4, -0.2) is 86.3 Å². The number of carbonyl (C=O) groups excluding carboxylic acids is 2. The van der Waals surface area contributed by atoms with E-state index >= 15 is 0 Å². The van der Waals surface area contributed by atoms with Crippen LogP contribution in [0.3, 0.4) is 0 Å².